The lowest BCUT2D eigenvalue weighted by Gasteiger charge is -2.28. The van der Waals surface area contributed by atoms with Crippen LogP contribution in [0.5, 0.6) is 0 Å². The fourth-order valence-electron chi connectivity index (χ4n) is 2.90. The summed E-state index contributed by atoms with van der Waals surface area (Å²) in [6.07, 6.45) is 4.63. The van der Waals surface area contributed by atoms with Crippen molar-refractivity contribution in [1.82, 2.24) is 0 Å². The van der Waals surface area contributed by atoms with Crippen LogP contribution in [0.25, 0.3) is 6.08 Å². The topological polar surface area (TPSA) is 87.2 Å². The summed E-state index contributed by atoms with van der Waals surface area (Å²) in [6.45, 7) is 6.83. The van der Waals surface area contributed by atoms with E-state index in [9.17, 15) is 20.2 Å². The minimum atomic E-state index is -0.679. The zero-order valence-electron chi connectivity index (χ0n) is 14.9. The molecule has 1 aromatic rings. The first-order chi connectivity index (χ1) is 11.7. The third-order valence-corrected chi connectivity index (χ3v) is 4.25. The number of anilines is 1. The molecule has 1 aliphatic heterocycles. The Kier molecular flexibility index (Phi) is 5.58. The molecule has 0 N–H and O–H groups in total. The van der Waals surface area contributed by atoms with Crippen molar-refractivity contribution in [3.8, 4) is 6.07 Å². The Morgan fingerprint density at radius 1 is 1.28 bits per heavy atom. The fraction of sp³-hybridized carbons (Fsp3) is 0.474. The maximum absolute atomic E-state index is 12.3. The summed E-state index contributed by atoms with van der Waals surface area (Å²) in [6, 6.07) is 6.80. The van der Waals surface area contributed by atoms with Crippen LogP contribution in [0.15, 0.2) is 23.8 Å². The molecular weight excluding hydrogens is 318 g/mol. The van der Waals surface area contributed by atoms with Gasteiger partial charge in [0.2, 0.25) is 0 Å². The Hall–Kier alpha value is -2.68. The van der Waals surface area contributed by atoms with Gasteiger partial charge in [0.15, 0.2) is 5.78 Å². The lowest BCUT2D eigenvalue weighted by molar-refractivity contribution is -0.384. The van der Waals surface area contributed by atoms with E-state index in [0.717, 1.165) is 32.4 Å². The zero-order valence-corrected chi connectivity index (χ0v) is 14.9. The summed E-state index contributed by atoms with van der Waals surface area (Å²) in [5.41, 5.74) is 0.425. The van der Waals surface area contributed by atoms with Crippen LogP contribution in [-0.2, 0) is 4.79 Å². The van der Waals surface area contributed by atoms with Crippen LogP contribution in [0.2, 0.25) is 0 Å². The van der Waals surface area contributed by atoms with E-state index in [1.807, 2.05) is 11.0 Å². The number of allylic oxidation sites excluding steroid dienone is 1. The number of nitro groups is 1. The van der Waals surface area contributed by atoms with Gasteiger partial charge in [-0.15, -0.1) is 0 Å². The second-order valence-electron chi connectivity index (χ2n) is 7.30. The second-order valence-corrected chi connectivity index (χ2v) is 7.30. The van der Waals surface area contributed by atoms with Gasteiger partial charge in [0.1, 0.15) is 11.8 Å². The van der Waals surface area contributed by atoms with Gasteiger partial charge in [-0.1, -0.05) is 26.8 Å². The van der Waals surface area contributed by atoms with Crippen LogP contribution in [0.1, 0.15) is 45.6 Å². The lowest BCUT2D eigenvalue weighted by atomic mass is 9.86. The number of benzene rings is 1. The van der Waals surface area contributed by atoms with Crippen molar-refractivity contribution < 1.29 is 9.72 Å². The molecule has 6 nitrogen and oxygen atoms in total. The van der Waals surface area contributed by atoms with E-state index in [1.54, 1.807) is 32.9 Å². The third kappa shape index (κ3) is 4.44. The quantitative estimate of drug-likeness (QED) is 0.356. The maximum atomic E-state index is 12.3. The highest BCUT2D eigenvalue weighted by Gasteiger charge is 2.26. The molecule has 6 heteroatoms. The van der Waals surface area contributed by atoms with E-state index >= 15 is 0 Å². The molecule has 2 rings (SSSR count). The summed E-state index contributed by atoms with van der Waals surface area (Å²) in [5.74, 6) is -0.280. The molecule has 25 heavy (non-hydrogen) atoms. The molecule has 0 atom stereocenters. The van der Waals surface area contributed by atoms with Crippen molar-refractivity contribution in [1.29, 1.82) is 5.26 Å². The number of carbonyl (C=O) groups is 1. The number of nitro benzene ring substituents is 1. The zero-order chi connectivity index (χ0) is 18.6. The number of hydrogen-bond donors (Lipinski definition) is 0. The van der Waals surface area contributed by atoms with Crippen molar-refractivity contribution in [2.45, 2.75) is 40.0 Å². The monoisotopic (exact) mass is 341 g/mol. The van der Waals surface area contributed by atoms with Crippen molar-refractivity contribution >= 4 is 23.2 Å². The van der Waals surface area contributed by atoms with E-state index in [2.05, 4.69) is 0 Å². The first kappa shape index (κ1) is 18.7. The van der Waals surface area contributed by atoms with Gasteiger partial charge in [-0.05, 0) is 37.0 Å². The number of Topliss-reactive ketones (excluding diaryl/α,β-unsaturated/α-hetero) is 1. The highest BCUT2D eigenvalue weighted by Crippen LogP contribution is 2.32. The second kappa shape index (κ2) is 7.47. The van der Waals surface area contributed by atoms with E-state index < -0.39 is 10.3 Å². The van der Waals surface area contributed by atoms with Crippen molar-refractivity contribution in [3.63, 3.8) is 0 Å². The smallest absolute Gasteiger partial charge is 0.293 e. The summed E-state index contributed by atoms with van der Waals surface area (Å²) < 4.78 is 0. The Balaban J connectivity index is 2.41. The minimum absolute atomic E-state index is 0.00696. The molecule has 1 fully saturated rings. The molecule has 132 valence electrons. The van der Waals surface area contributed by atoms with Crippen LogP contribution in [-0.4, -0.2) is 23.8 Å². The number of carbonyl (C=O) groups excluding carboxylic acids is 1. The molecule has 0 radical (unpaired) electrons. The molecule has 1 saturated heterocycles. The minimum Gasteiger partial charge on any atom is -0.366 e. The Morgan fingerprint density at radius 2 is 1.92 bits per heavy atom. The predicted molar refractivity (Wildman–Crippen MR) is 97.2 cm³/mol. The van der Waals surface area contributed by atoms with Crippen LogP contribution in [0, 0.1) is 26.9 Å². The largest absolute Gasteiger partial charge is 0.366 e. The first-order valence-corrected chi connectivity index (χ1v) is 8.44. The van der Waals surface area contributed by atoms with Crippen LogP contribution < -0.4 is 4.90 Å². The molecule has 1 heterocycles. The van der Waals surface area contributed by atoms with E-state index in [1.165, 1.54) is 12.1 Å². The van der Waals surface area contributed by atoms with Gasteiger partial charge in [0, 0.05) is 24.6 Å². The number of hydrogen-bond acceptors (Lipinski definition) is 5. The van der Waals surface area contributed by atoms with Crippen molar-refractivity contribution in [2.24, 2.45) is 5.41 Å². The Bertz CT molecular complexity index is 748. The molecule has 0 aliphatic carbocycles. The van der Waals surface area contributed by atoms with Gasteiger partial charge < -0.3 is 4.90 Å². The molecule has 0 unspecified atom stereocenters. The lowest BCUT2D eigenvalue weighted by Crippen LogP contribution is -2.29. The fourth-order valence-corrected chi connectivity index (χ4v) is 2.90. The number of rotatable bonds is 4. The molecular formula is C19H23N3O3. The van der Waals surface area contributed by atoms with E-state index in [-0.39, 0.29) is 17.0 Å². The molecule has 0 saturated carbocycles. The van der Waals surface area contributed by atoms with Gasteiger partial charge in [-0.3, -0.25) is 14.9 Å². The Labute approximate surface area is 147 Å². The third-order valence-electron chi connectivity index (χ3n) is 4.25. The average molecular weight is 341 g/mol. The van der Waals surface area contributed by atoms with Gasteiger partial charge in [-0.2, -0.15) is 5.26 Å². The highest BCUT2D eigenvalue weighted by atomic mass is 16.6. The van der Waals surface area contributed by atoms with Crippen LogP contribution in [0.3, 0.4) is 0 Å². The first-order valence-electron chi connectivity index (χ1n) is 8.44. The van der Waals surface area contributed by atoms with Gasteiger partial charge in [0.05, 0.1) is 10.5 Å². The molecule has 0 amide bonds. The van der Waals surface area contributed by atoms with Crippen LogP contribution >= 0.6 is 0 Å². The SMILES string of the molecule is CC(C)(C)C(=O)/C(C#N)=C\c1ccc(N2CCCCC2)c([N+](=O)[O-])c1. The summed E-state index contributed by atoms with van der Waals surface area (Å²) >= 11 is 0. The van der Waals surface area contributed by atoms with Gasteiger partial charge >= 0.3 is 0 Å². The van der Waals surface area contributed by atoms with E-state index in [4.69, 9.17) is 0 Å². The number of nitrogens with zero attached hydrogens (tertiary/aromatic N) is 3. The molecule has 1 aromatic carbocycles. The standard InChI is InChI=1S/C19H23N3O3/c1-19(2,3)18(23)15(13-20)11-14-7-8-16(17(12-14)22(24)25)21-9-5-4-6-10-21/h7-8,11-12H,4-6,9-10H2,1-3H3/b15-11-. The number of nitriles is 1. The van der Waals surface area contributed by atoms with Crippen molar-refractivity contribution in [2.75, 3.05) is 18.0 Å². The number of piperidine rings is 1. The summed E-state index contributed by atoms with van der Waals surface area (Å²) in [7, 11) is 0. The molecule has 0 aromatic heterocycles. The normalized spacial score (nSPS) is 15.6. The summed E-state index contributed by atoms with van der Waals surface area (Å²) in [5, 5.41) is 20.8. The molecule has 0 spiro atoms. The van der Waals surface area contributed by atoms with Crippen LogP contribution in [0.4, 0.5) is 11.4 Å². The highest BCUT2D eigenvalue weighted by molar-refractivity contribution is 6.06. The molecule has 1 aliphatic rings. The average Bonchev–Trinajstić information content (AvgIpc) is 2.58. The van der Waals surface area contributed by atoms with Crippen molar-refractivity contribution in [3.05, 3.63) is 39.4 Å². The molecule has 0 bridgehead atoms. The summed E-state index contributed by atoms with van der Waals surface area (Å²) in [4.78, 5) is 25.4. The Morgan fingerprint density at radius 3 is 2.44 bits per heavy atom. The van der Waals surface area contributed by atoms with E-state index in [0.29, 0.717) is 11.3 Å². The van der Waals surface area contributed by atoms with Gasteiger partial charge in [0.25, 0.3) is 5.69 Å². The number of ketones is 1. The van der Waals surface area contributed by atoms with Gasteiger partial charge in [-0.25, -0.2) is 0 Å². The predicted octanol–water partition coefficient (Wildman–Crippen LogP) is 4.11. The maximum Gasteiger partial charge on any atom is 0.293 e.